The highest BCUT2D eigenvalue weighted by Gasteiger charge is 2.28. The van der Waals surface area contributed by atoms with Crippen molar-refractivity contribution in [2.75, 3.05) is 13.2 Å². The van der Waals surface area contributed by atoms with E-state index in [1.54, 1.807) is 0 Å². The number of unbranched alkanes of at least 4 members (excludes halogenated alkanes) is 2. The summed E-state index contributed by atoms with van der Waals surface area (Å²) in [5.74, 6) is 0.596. The highest BCUT2D eigenvalue weighted by molar-refractivity contribution is 6.10. The van der Waals surface area contributed by atoms with Crippen LogP contribution in [0.25, 0.3) is 21.5 Å². The highest BCUT2D eigenvalue weighted by Crippen LogP contribution is 2.33. The molecule has 0 fully saturated rings. The number of benzene rings is 3. The second kappa shape index (κ2) is 9.27. The zero-order valence-corrected chi connectivity index (χ0v) is 17.6. The van der Waals surface area contributed by atoms with Crippen LogP contribution in [0, 0.1) is 5.41 Å². The summed E-state index contributed by atoms with van der Waals surface area (Å²) in [6, 6.07) is 18.3. The molecule has 1 atom stereocenters. The Morgan fingerprint density at radius 3 is 2.24 bits per heavy atom. The van der Waals surface area contributed by atoms with Crippen molar-refractivity contribution in [3.8, 4) is 5.75 Å². The topological polar surface area (TPSA) is 61.6 Å². The molecule has 0 spiro atoms. The van der Waals surface area contributed by atoms with Crippen molar-refractivity contribution in [2.45, 2.75) is 46.1 Å². The van der Waals surface area contributed by atoms with Crippen molar-refractivity contribution in [2.24, 2.45) is 11.1 Å². The Balaban J connectivity index is 1.49. The van der Waals surface area contributed by atoms with E-state index in [9.17, 15) is 4.79 Å². The standard InChI is InChI=1S/C25H31NO3/c1-25(2,3)23(26)24(27)29-16-10-4-9-15-28-22-17-18-11-5-6-12-19(18)20-13-7-8-14-21(20)22/h5-8,11-14,17,23H,4,9-10,15-16,26H2,1-3H3. The van der Waals surface area contributed by atoms with E-state index in [1.807, 2.05) is 32.9 Å². The van der Waals surface area contributed by atoms with Crippen molar-refractivity contribution in [1.29, 1.82) is 0 Å². The average molecular weight is 394 g/mol. The van der Waals surface area contributed by atoms with Crippen LogP contribution >= 0.6 is 0 Å². The minimum Gasteiger partial charge on any atom is -0.493 e. The van der Waals surface area contributed by atoms with Crippen LogP contribution in [0.15, 0.2) is 54.6 Å². The molecule has 1 unspecified atom stereocenters. The van der Waals surface area contributed by atoms with Gasteiger partial charge in [-0.05, 0) is 46.9 Å². The second-order valence-corrected chi connectivity index (χ2v) is 8.56. The molecule has 3 aromatic rings. The van der Waals surface area contributed by atoms with E-state index in [2.05, 4.69) is 42.5 Å². The summed E-state index contributed by atoms with van der Waals surface area (Å²) >= 11 is 0. The number of nitrogens with two attached hydrogens (primary N) is 1. The normalized spacial score (nSPS) is 12.8. The summed E-state index contributed by atoms with van der Waals surface area (Å²) < 4.78 is 11.4. The first kappa shape index (κ1) is 21.1. The number of fused-ring (bicyclic) bond motifs is 3. The number of ether oxygens (including phenoxy) is 2. The summed E-state index contributed by atoms with van der Waals surface area (Å²) in [5, 5.41) is 4.77. The van der Waals surface area contributed by atoms with Gasteiger partial charge in [-0.1, -0.05) is 69.3 Å². The van der Waals surface area contributed by atoms with Crippen LogP contribution in [0.2, 0.25) is 0 Å². The van der Waals surface area contributed by atoms with Gasteiger partial charge >= 0.3 is 5.97 Å². The Morgan fingerprint density at radius 1 is 0.897 bits per heavy atom. The molecule has 0 bridgehead atoms. The van der Waals surface area contributed by atoms with Crippen molar-refractivity contribution in [3.05, 3.63) is 54.6 Å². The number of hydrogen-bond acceptors (Lipinski definition) is 4. The summed E-state index contributed by atoms with van der Waals surface area (Å²) in [6.07, 6.45) is 2.65. The van der Waals surface area contributed by atoms with Crippen LogP contribution in [0.4, 0.5) is 0 Å². The summed E-state index contributed by atoms with van der Waals surface area (Å²) in [6.45, 7) is 6.85. The Labute approximate surface area is 173 Å². The van der Waals surface area contributed by atoms with Gasteiger partial charge in [-0.2, -0.15) is 0 Å². The Bertz CT molecular complexity index is 975. The molecule has 0 aliphatic rings. The first-order valence-electron chi connectivity index (χ1n) is 10.3. The van der Waals surface area contributed by atoms with Gasteiger partial charge in [0.2, 0.25) is 0 Å². The van der Waals surface area contributed by atoms with Crippen molar-refractivity contribution in [3.63, 3.8) is 0 Å². The number of hydrogen-bond donors (Lipinski definition) is 1. The predicted molar refractivity (Wildman–Crippen MR) is 119 cm³/mol. The average Bonchev–Trinajstić information content (AvgIpc) is 2.71. The van der Waals surface area contributed by atoms with Gasteiger partial charge < -0.3 is 15.2 Å². The summed E-state index contributed by atoms with van der Waals surface area (Å²) in [5.41, 5.74) is 5.63. The quantitative estimate of drug-likeness (QED) is 0.314. The molecule has 0 aliphatic heterocycles. The zero-order valence-electron chi connectivity index (χ0n) is 17.6. The molecule has 4 nitrogen and oxygen atoms in total. The Morgan fingerprint density at radius 2 is 1.52 bits per heavy atom. The third-order valence-corrected chi connectivity index (χ3v) is 5.21. The Hall–Kier alpha value is -2.59. The minimum absolute atomic E-state index is 0.284. The van der Waals surface area contributed by atoms with E-state index in [1.165, 1.54) is 16.2 Å². The van der Waals surface area contributed by atoms with E-state index < -0.39 is 6.04 Å². The lowest BCUT2D eigenvalue weighted by Crippen LogP contribution is -2.43. The molecule has 154 valence electrons. The molecular formula is C25H31NO3. The number of carbonyl (C=O) groups is 1. The molecule has 0 saturated heterocycles. The van der Waals surface area contributed by atoms with Gasteiger partial charge in [0.05, 0.1) is 13.2 Å². The van der Waals surface area contributed by atoms with Gasteiger partial charge in [0.25, 0.3) is 0 Å². The molecule has 0 aliphatic carbocycles. The molecule has 0 radical (unpaired) electrons. The van der Waals surface area contributed by atoms with Gasteiger partial charge in [-0.3, -0.25) is 4.79 Å². The maximum Gasteiger partial charge on any atom is 0.323 e. The fourth-order valence-corrected chi connectivity index (χ4v) is 3.32. The predicted octanol–water partition coefficient (Wildman–Crippen LogP) is 5.46. The van der Waals surface area contributed by atoms with Crippen molar-refractivity contribution >= 4 is 27.5 Å². The monoisotopic (exact) mass is 393 g/mol. The number of rotatable bonds is 8. The molecule has 0 heterocycles. The lowest BCUT2D eigenvalue weighted by atomic mass is 9.87. The third kappa shape index (κ3) is 5.27. The molecule has 3 rings (SSSR count). The van der Waals surface area contributed by atoms with Gasteiger partial charge in [0, 0.05) is 5.39 Å². The molecule has 0 saturated carbocycles. The van der Waals surface area contributed by atoms with Gasteiger partial charge in [0.15, 0.2) is 0 Å². The van der Waals surface area contributed by atoms with Gasteiger partial charge in [-0.15, -0.1) is 0 Å². The van der Waals surface area contributed by atoms with Crippen molar-refractivity contribution in [1.82, 2.24) is 0 Å². The van der Waals surface area contributed by atoms with Crippen molar-refractivity contribution < 1.29 is 14.3 Å². The first-order valence-corrected chi connectivity index (χ1v) is 10.3. The lowest BCUT2D eigenvalue weighted by Gasteiger charge is -2.24. The SMILES string of the molecule is CC(C)(C)C(N)C(=O)OCCCCCOc1cc2ccccc2c2ccccc12. The second-order valence-electron chi connectivity index (χ2n) is 8.56. The molecule has 2 N–H and O–H groups in total. The molecule has 4 heteroatoms. The lowest BCUT2D eigenvalue weighted by molar-refractivity contribution is -0.147. The van der Waals surface area contributed by atoms with Gasteiger partial charge in [0.1, 0.15) is 11.8 Å². The largest absolute Gasteiger partial charge is 0.493 e. The molecule has 29 heavy (non-hydrogen) atoms. The van der Waals surface area contributed by atoms with Crippen LogP contribution in [0.1, 0.15) is 40.0 Å². The molecule has 3 aromatic carbocycles. The fourth-order valence-electron chi connectivity index (χ4n) is 3.32. The van der Waals surface area contributed by atoms with Crippen LogP contribution in [0.3, 0.4) is 0 Å². The van der Waals surface area contributed by atoms with Crippen LogP contribution in [0.5, 0.6) is 5.75 Å². The van der Waals surface area contributed by atoms with Crippen LogP contribution < -0.4 is 10.5 Å². The zero-order chi connectivity index (χ0) is 20.9. The van der Waals surface area contributed by atoms with E-state index in [-0.39, 0.29) is 11.4 Å². The molecular weight excluding hydrogens is 362 g/mol. The van der Waals surface area contributed by atoms with Gasteiger partial charge in [-0.25, -0.2) is 0 Å². The first-order chi connectivity index (χ1) is 13.9. The Kier molecular flexibility index (Phi) is 6.75. The molecule has 0 aromatic heterocycles. The maximum atomic E-state index is 11.9. The van der Waals surface area contributed by atoms with Crippen LogP contribution in [-0.2, 0) is 9.53 Å². The summed E-state index contributed by atoms with van der Waals surface area (Å²) in [4.78, 5) is 11.9. The smallest absolute Gasteiger partial charge is 0.323 e. The highest BCUT2D eigenvalue weighted by atomic mass is 16.5. The van der Waals surface area contributed by atoms with E-state index >= 15 is 0 Å². The fraction of sp³-hybridized carbons (Fsp3) is 0.400. The van der Waals surface area contributed by atoms with E-state index in [0.29, 0.717) is 13.2 Å². The number of esters is 1. The third-order valence-electron chi connectivity index (χ3n) is 5.21. The summed E-state index contributed by atoms with van der Waals surface area (Å²) in [7, 11) is 0. The molecule has 0 amide bonds. The number of carbonyl (C=O) groups excluding carboxylic acids is 1. The maximum absolute atomic E-state index is 11.9. The minimum atomic E-state index is -0.591. The van der Waals surface area contributed by atoms with E-state index in [4.69, 9.17) is 15.2 Å². The van der Waals surface area contributed by atoms with E-state index in [0.717, 1.165) is 30.4 Å². The van der Waals surface area contributed by atoms with Crippen LogP contribution in [-0.4, -0.2) is 25.2 Å².